The van der Waals surface area contributed by atoms with Crippen LogP contribution in [0.25, 0.3) is 16.3 Å². The Hall–Kier alpha value is -2.85. The van der Waals surface area contributed by atoms with Crippen LogP contribution in [0, 0.1) is 5.82 Å². The van der Waals surface area contributed by atoms with E-state index in [2.05, 4.69) is 25.7 Å². The maximum atomic E-state index is 14.0. The lowest BCUT2D eigenvalue weighted by molar-refractivity contribution is 0.410. The summed E-state index contributed by atoms with van der Waals surface area (Å²) >= 11 is 2.80. The highest BCUT2D eigenvalue weighted by atomic mass is 32.2. The van der Waals surface area contributed by atoms with Gasteiger partial charge in [-0.05, 0) is 41.6 Å². The summed E-state index contributed by atoms with van der Waals surface area (Å²) in [5.41, 5.74) is 1.19. The van der Waals surface area contributed by atoms with E-state index in [9.17, 15) is 4.39 Å². The number of tetrazole rings is 1. The van der Waals surface area contributed by atoms with Gasteiger partial charge in [0.25, 0.3) is 0 Å². The zero-order valence-electron chi connectivity index (χ0n) is 15.0. The first-order valence-corrected chi connectivity index (χ1v) is 10.0. The molecule has 0 aliphatic rings. The largest absolute Gasteiger partial charge is 0.494 e. The van der Waals surface area contributed by atoms with Gasteiger partial charge in [0.2, 0.25) is 5.16 Å². The first-order valence-electron chi connectivity index (χ1n) is 8.34. The predicted octanol–water partition coefficient (Wildman–Crippen LogP) is 4.18. The summed E-state index contributed by atoms with van der Waals surface area (Å²) in [4.78, 5) is 0. The van der Waals surface area contributed by atoms with Crippen LogP contribution in [0.5, 0.6) is 5.75 Å². The summed E-state index contributed by atoms with van der Waals surface area (Å²) in [6.07, 6.45) is 0. The van der Waals surface area contributed by atoms with Crippen molar-refractivity contribution >= 4 is 23.1 Å². The van der Waals surface area contributed by atoms with Gasteiger partial charge in [0.15, 0.2) is 5.01 Å². The topological polar surface area (TPSA) is 78.6 Å². The smallest absolute Gasteiger partial charge is 0.214 e. The second kappa shape index (κ2) is 8.03. The van der Waals surface area contributed by atoms with Crippen LogP contribution in [0.4, 0.5) is 4.39 Å². The summed E-state index contributed by atoms with van der Waals surface area (Å²) in [6.45, 7) is 1.98. The van der Waals surface area contributed by atoms with Gasteiger partial charge in [-0.3, -0.25) is 0 Å². The first-order chi connectivity index (χ1) is 13.7. The molecule has 0 saturated carbocycles. The Morgan fingerprint density at radius 2 is 1.86 bits per heavy atom. The van der Waals surface area contributed by atoms with E-state index < -0.39 is 0 Å². The maximum absolute atomic E-state index is 14.0. The average molecular weight is 414 g/mol. The summed E-state index contributed by atoms with van der Waals surface area (Å²) < 4.78 is 21.0. The molecule has 0 radical (unpaired) electrons. The van der Waals surface area contributed by atoms with Crippen molar-refractivity contribution < 1.29 is 9.13 Å². The molecule has 7 nitrogen and oxygen atoms in total. The molecule has 10 heteroatoms. The van der Waals surface area contributed by atoms with Crippen LogP contribution in [0.1, 0.15) is 17.2 Å². The first kappa shape index (κ1) is 18.5. The molecule has 4 rings (SSSR count). The quantitative estimate of drug-likeness (QED) is 0.438. The number of methoxy groups -OCH3 is 1. The van der Waals surface area contributed by atoms with E-state index in [-0.39, 0.29) is 11.1 Å². The van der Waals surface area contributed by atoms with E-state index in [1.165, 1.54) is 29.2 Å². The van der Waals surface area contributed by atoms with Crippen LogP contribution < -0.4 is 4.74 Å². The Labute approximate surface area is 168 Å². The molecule has 0 fully saturated rings. The number of nitrogens with zero attached hydrogens (tertiary/aromatic N) is 6. The molecule has 0 aliphatic heterocycles. The van der Waals surface area contributed by atoms with E-state index in [1.807, 2.05) is 31.2 Å². The highest BCUT2D eigenvalue weighted by Crippen LogP contribution is 2.38. The number of ether oxygens (including phenoxy) is 1. The van der Waals surface area contributed by atoms with Gasteiger partial charge in [-0.15, -0.1) is 15.3 Å². The molecule has 142 valence electrons. The lowest BCUT2D eigenvalue weighted by atomic mass is 10.2. The van der Waals surface area contributed by atoms with Crippen molar-refractivity contribution in [3.8, 4) is 22.0 Å². The molecule has 2 aromatic carbocycles. The molecule has 0 aliphatic carbocycles. The second-order valence-corrected chi connectivity index (χ2v) is 8.05. The number of hydrogen-bond acceptors (Lipinski definition) is 8. The number of halogens is 1. The molecular weight excluding hydrogens is 399 g/mol. The van der Waals surface area contributed by atoms with Crippen LogP contribution in [-0.4, -0.2) is 37.5 Å². The minimum atomic E-state index is -0.314. The van der Waals surface area contributed by atoms with Crippen molar-refractivity contribution in [3.63, 3.8) is 0 Å². The zero-order chi connectivity index (χ0) is 19.5. The number of hydrogen-bond donors (Lipinski definition) is 0. The predicted molar refractivity (Wildman–Crippen MR) is 105 cm³/mol. The van der Waals surface area contributed by atoms with Gasteiger partial charge >= 0.3 is 0 Å². The molecule has 28 heavy (non-hydrogen) atoms. The number of rotatable bonds is 6. The third-order valence-corrected chi connectivity index (χ3v) is 6.26. The lowest BCUT2D eigenvalue weighted by Gasteiger charge is -2.10. The summed E-state index contributed by atoms with van der Waals surface area (Å²) in [6, 6.07) is 14.0. The van der Waals surface area contributed by atoms with Gasteiger partial charge < -0.3 is 4.74 Å². The molecule has 2 aromatic heterocycles. The average Bonchev–Trinajstić information content (AvgIpc) is 3.38. The maximum Gasteiger partial charge on any atom is 0.214 e. The fourth-order valence-corrected chi connectivity index (χ4v) is 4.43. The van der Waals surface area contributed by atoms with Crippen LogP contribution in [0.3, 0.4) is 0 Å². The summed E-state index contributed by atoms with van der Waals surface area (Å²) in [5, 5.41) is 22.2. The summed E-state index contributed by atoms with van der Waals surface area (Å²) in [5.74, 6) is 0.354. The Morgan fingerprint density at radius 1 is 1.07 bits per heavy atom. The molecule has 1 unspecified atom stereocenters. The molecule has 0 bridgehead atoms. The Bertz CT molecular complexity index is 1100. The molecule has 1 atom stereocenters. The van der Waals surface area contributed by atoms with Crippen molar-refractivity contribution in [3.05, 3.63) is 59.4 Å². The number of aromatic nitrogens is 6. The van der Waals surface area contributed by atoms with Gasteiger partial charge in [-0.2, -0.15) is 4.68 Å². The third kappa shape index (κ3) is 3.60. The van der Waals surface area contributed by atoms with Gasteiger partial charge in [-0.25, -0.2) is 4.39 Å². The van der Waals surface area contributed by atoms with E-state index >= 15 is 0 Å². The normalized spacial score (nSPS) is 12.1. The Balaban J connectivity index is 1.58. The van der Waals surface area contributed by atoms with Gasteiger partial charge in [0, 0.05) is 5.56 Å². The van der Waals surface area contributed by atoms with Crippen LogP contribution in [0.2, 0.25) is 0 Å². The molecule has 4 aromatic rings. The molecule has 0 saturated heterocycles. The van der Waals surface area contributed by atoms with Crippen molar-refractivity contribution in [2.45, 2.75) is 17.3 Å². The number of thioether (sulfide) groups is 1. The SMILES string of the molecule is COc1ccccc1-n1nnnc1SC(C)c1nnc(-c2ccccc2F)s1. The highest BCUT2D eigenvalue weighted by Gasteiger charge is 2.20. The van der Waals surface area contributed by atoms with Gasteiger partial charge in [-0.1, -0.05) is 47.4 Å². The van der Waals surface area contributed by atoms with Crippen molar-refractivity contribution in [1.82, 2.24) is 30.4 Å². The van der Waals surface area contributed by atoms with E-state index in [1.54, 1.807) is 30.0 Å². The van der Waals surface area contributed by atoms with Crippen LogP contribution >= 0.6 is 23.1 Å². The minimum Gasteiger partial charge on any atom is -0.494 e. The van der Waals surface area contributed by atoms with Gasteiger partial charge in [0.05, 0.1) is 12.4 Å². The zero-order valence-corrected chi connectivity index (χ0v) is 16.6. The monoisotopic (exact) mass is 414 g/mol. The number of benzene rings is 2. The molecule has 0 N–H and O–H groups in total. The highest BCUT2D eigenvalue weighted by molar-refractivity contribution is 7.99. The molecule has 2 heterocycles. The fraction of sp³-hybridized carbons (Fsp3) is 0.167. The Morgan fingerprint density at radius 3 is 2.68 bits per heavy atom. The molecule has 0 spiro atoms. The summed E-state index contributed by atoms with van der Waals surface area (Å²) in [7, 11) is 1.60. The second-order valence-electron chi connectivity index (χ2n) is 5.73. The van der Waals surface area contributed by atoms with E-state index in [0.717, 1.165) is 10.7 Å². The third-order valence-electron chi connectivity index (χ3n) is 3.93. The fourth-order valence-electron chi connectivity index (χ4n) is 2.56. The van der Waals surface area contributed by atoms with E-state index in [0.29, 0.717) is 21.5 Å². The Kier molecular flexibility index (Phi) is 5.31. The van der Waals surface area contributed by atoms with Crippen molar-refractivity contribution in [2.75, 3.05) is 7.11 Å². The lowest BCUT2D eigenvalue weighted by Crippen LogP contribution is -2.02. The van der Waals surface area contributed by atoms with Crippen molar-refractivity contribution in [2.24, 2.45) is 0 Å². The molecule has 0 amide bonds. The van der Waals surface area contributed by atoms with Gasteiger partial charge in [0.1, 0.15) is 22.3 Å². The van der Waals surface area contributed by atoms with Crippen LogP contribution in [0.15, 0.2) is 53.7 Å². The minimum absolute atomic E-state index is 0.0718. The molecular formula is C18H15FN6OS2. The number of para-hydroxylation sites is 2. The standard InChI is InChI=1S/C18H15FN6OS2/c1-11(16-20-21-17(28-16)12-7-3-4-8-13(12)19)27-18-22-23-24-25(18)14-9-5-6-10-15(14)26-2/h3-11H,1-2H3. The van der Waals surface area contributed by atoms with Crippen molar-refractivity contribution in [1.29, 1.82) is 0 Å². The van der Waals surface area contributed by atoms with E-state index in [4.69, 9.17) is 4.74 Å². The van der Waals surface area contributed by atoms with Crippen LogP contribution in [-0.2, 0) is 0 Å².